The van der Waals surface area contributed by atoms with Crippen molar-refractivity contribution >= 4 is 47.6 Å². The van der Waals surface area contributed by atoms with Crippen LogP contribution in [0.25, 0.3) is 6.08 Å². The van der Waals surface area contributed by atoms with Gasteiger partial charge in [-0.15, -0.1) is 12.4 Å². The molecule has 0 spiro atoms. The molecule has 2 heterocycles. The number of nitrogens with zero attached hydrogens (tertiary/aromatic N) is 3. The van der Waals surface area contributed by atoms with Gasteiger partial charge in [0, 0.05) is 56.3 Å². The fraction of sp³-hybridized carbons (Fsp3) is 0.238. The van der Waals surface area contributed by atoms with Gasteiger partial charge in [0.25, 0.3) is 0 Å². The lowest BCUT2D eigenvalue weighted by Crippen LogP contribution is -2.47. The third-order valence-electron chi connectivity index (χ3n) is 8.86. The smallest absolute Gasteiger partial charge is 0.416 e. The van der Waals surface area contributed by atoms with Crippen LogP contribution in [0, 0.1) is 6.92 Å². The number of piperazine rings is 1. The normalized spacial score (nSPS) is 13.4. The molecule has 5 aromatic rings. The summed E-state index contributed by atoms with van der Waals surface area (Å²) in [5, 5.41) is 1.05. The molecule has 0 bridgehead atoms. The van der Waals surface area contributed by atoms with E-state index < -0.39 is 11.7 Å². The molecule has 1 fully saturated rings. The molecule has 288 valence electrons. The van der Waals surface area contributed by atoms with Gasteiger partial charge in [-0.05, 0) is 95.4 Å². The highest BCUT2D eigenvalue weighted by Gasteiger charge is 2.30. The van der Waals surface area contributed by atoms with E-state index in [-0.39, 0.29) is 30.8 Å². The molecule has 0 N–H and O–H groups in total. The van der Waals surface area contributed by atoms with Crippen LogP contribution in [0.2, 0.25) is 10.0 Å². The van der Waals surface area contributed by atoms with Crippen LogP contribution < -0.4 is 14.2 Å². The van der Waals surface area contributed by atoms with E-state index in [4.69, 9.17) is 37.4 Å². The first-order valence-electron chi connectivity index (χ1n) is 17.4. The predicted molar refractivity (Wildman–Crippen MR) is 212 cm³/mol. The molecule has 0 radical (unpaired) electrons. The number of amides is 1. The Hall–Kier alpha value is -4.74. The van der Waals surface area contributed by atoms with E-state index in [2.05, 4.69) is 34.1 Å². The second-order valence-electron chi connectivity index (χ2n) is 12.9. The van der Waals surface area contributed by atoms with Gasteiger partial charge in [-0.3, -0.25) is 9.69 Å². The number of hydrogen-bond acceptors (Lipinski definition) is 6. The maximum atomic E-state index is 13.0. The Kier molecular flexibility index (Phi) is 14.5. The lowest BCUT2D eigenvalue weighted by Gasteiger charge is -2.34. The quantitative estimate of drug-likeness (QED) is 0.110. The number of ether oxygens (including phenoxy) is 3. The number of aryl methyl sites for hydroxylation is 1. The molecule has 1 saturated heterocycles. The number of alkyl halides is 3. The summed E-state index contributed by atoms with van der Waals surface area (Å²) in [5.74, 6) is 1.89. The number of halogens is 6. The topological polar surface area (TPSA) is 64.1 Å². The van der Waals surface area contributed by atoms with Gasteiger partial charge in [0.2, 0.25) is 11.8 Å². The van der Waals surface area contributed by atoms with Gasteiger partial charge in [-0.2, -0.15) is 13.2 Å². The van der Waals surface area contributed by atoms with Crippen molar-refractivity contribution in [1.82, 2.24) is 14.8 Å². The van der Waals surface area contributed by atoms with Crippen molar-refractivity contribution in [2.45, 2.75) is 32.7 Å². The molecule has 1 aliphatic rings. The molecule has 1 aliphatic heterocycles. The molecule has 55 heavy (non-hydrogen) atoms. The molecule has 0 unspecified atom stereocenters. The van der Waals surface area contributed by atoms with Gasteiger partial charge in [0.15, 0.2) is 5.75 Å². The Labute approximate surface area is 334 Å². The third-order valence-corrected chi connectivity index (χ3v) is 9.39. The molecular formula is C42H39Cl3F3N3O4. The molecule has 1 aromatic heterocycles. The van der Waals surface area contributed by atoms with E-state index in [9.17, 15) is 18.0 Å². The molecule has 0 aliphatic carbocycles. The zero-order chi connectivity index (χ0) is 38.1. The number of rotatable bonds is 13. The molecule has 0 atom stereocenters. The predicted octanol–water partition coefficient (Wildman–Crippen LogP) is 10.5. The maximum Gasteiger partial charge on any atom is 0.416 e. The minimum atomic E-state index is -4.39. The summed E-state index contributed by atoms with van der Waals surface area (Å²) in [4.78, 5) is 21.5. The highest BCUT2D eigenvalue weighted by Crippen LogP contribution is 2.34. The van der Waals surface area contributed by atoms with Crippen molar-refractivity contribution in [3.63, 3.8) is 0 Å². The van der Waals surface area contributed by atoms with E-state index >= 15 is 0 Å². The number of carbonyl (C=O) groups is 1. The van der Waals surface area contributed by atoms with Crippen LogP contribution in [-0.4, -0.2) is 53.5 Å². The fourth-order valence-corrected chi connectivity index (χ4v) is 6.28. The average molecular weight is 813 g/mol. The molecule has 0 saturated carbocycles. The van der Waals surface area contributed by atoms with Gasteiger partial charge in [0.05, 0.1) is 23.4 Å². The number of aromatic nitrogens is 1. The van der Waals surface area contributed by atoms with E-state index in [1.165, 1.54) is 29.5 Å². The summed E-state index contributed by atoms with van der Waals surface area (Å²) in [6.45, 7) is 6.20. The van der Waals surface area contributed by atoms with Crippen LogP contribution in [0.1, 0.15) is 33.4 Å². The van der Waals surface area contributed by atoms with Crippen molar-refractivity contribution in [3.8, 4) is 23.1 Å². The summed E-state index contributed by atoms with van der Waals surface area (Å²) < 4.78 is 55.8. The second-order valence-corrected chi connectivity index (χ2v) is 13.7. The van der Waals surface area contributed by atoms with Gasteiger partial charge >= 0.3 is 6.18 Å². The van der Waals surface area contributed by atoms with Crippen LogP contribution in [0.3, 0.4) is 0 Å². The summed E-state index contributed by atoms with van der Waals surface area (Å²) in [6.07, 6.45) is 1.21. The number of carbonyl (C=O) groups excluding carboxylic acids is 1. The molecule has 4 aromatic carbocycles. The zero-order valence-electron chi connectivity index (χ0n) is 29.9. The lowest BCUT2D eigenvalue weighted by molar-refractivity contribution is -0.137. The zero-order valence-corrected chi connectivity index (χ0v) is 32.2. The number of pyridine rings is 1. The maximum absolute atomic E-state index is 13.0. The summed E-state index contributed by atoms with van der Waals surface area (Å²) in [5.41, 5.74) is 3.84. The first-order valence-corrected chi connectivity index (χ1v) is 18.1. The van der Waals surface area contributed by atoms with Gasteiger partial charge in [-0.25, -0.2) is 4.98 Å². The van der Waals surface area contributed by atoms with Crippen LogP contribution in [0.4, 0.5) is 13.2 Å². The Bertz CT molecular complexity index is 2010. The fourth-order valence-electron chi connectivity index (χ4n) is 5.84. The van der Waals surface area contributed by atoms with Crippen LogP contribution >= 0.6 is 35.6 Å². The minimum absolute atomic E-state index is 0. The van der Waals surface area contributed by atoms with Crippen molar-refractivity contribution in [2.75, 3.05) is 32.8 Å². The highest BCUT2D eigenvalue weighted by molar-refractivity contribution is 6.32. The van der Waals surface area contributed by atoms with E-state index in [0.717, 1.165) is 55.1 Å². The van der Waals surface area contributed by atoms with Gasteiger partial charge in [0.1, 0.15) is 18.1 Å². The SMILES string of the molecule is Cc1cc(/C=C/C(=O)N2CCN(Cc3ccc(CCOc4ccc(Cl)cc4)cc3)CC2)cc(Cl)c1Oc1ccc(OCc2ccc(C(F)(F)F)cc2)cn1.Cl. The number of benzene rings is 4. The molecule has 1 amide bonds. The molecular weight excluding hydrogens is 774 g/mol. The Morgan fingerprint density at radius 3 is 2.11 bits per heavy atom. The van der Waals surface area contributed by atoms with Crippen LogP contribution in [0.15, 0.2) is 109 Å². The Morgan fingerprint density at radius 1 is 0.818 bits per heavy atom. The van der Waals surface area contributed by atoms with Crippen molar-refractivity contribution in [2.24, 2.45) is 0 Å². The average Bonchev–Trinajstić information content (AvgIpc) is 3.16. The van der Waals surface area contributed by atoms with E-state index in [0.29, 0.717) is 46.8 Å². The first-order chi connectivity index (χ1) is 26.0. The standard InChI is InChI=1S/C42H38Cl2F3N3O4.ClH/c1-29-24-33(25-38(44)41(29)54-39-16-15-37(26-48-39)53-28-32-6-9-34(10-7-32)42(45,46)47)8-17-40(51)50-21-19-49(20-22-50)27-31-4-2-30(3-5-31)18-23-52-36-13-11-35(43)12-14-36;/h2-17,24-26H,18-23,27-28H2,1H3;1H/b17-8+;. The van der Waals surface area contributed by atoms with Crippen LogP contribution in [-0.2, 0) is 30.5 Å². The van der Waals surface area contributed by atoms with E-state index in [1.807, 2.05) is 42.2 Å². The lowest BCUT2D eigenvalue weighted by atomic mass is 10.1. The van der Waals surface area contributed by atoms with Crippen LogP contribution in [0.5, 0.6) is 23.1 Å². The minimum Gasteiger partial charge on any atom is -0.493 e. The van der Waals surface area contributed by atoms with E-state index in [1.54, 1.807) is 30.4 Å². The number of hydrogen-bond donors (Lipinski definition) is 0. The first kappa shape index (κ1) is 41.4. The third kappa shape index (κ3) is 12.1. The second kappa shape index (κ2) is 19.2. The Morgan fingerprint density at radius 2 is 1.47 bits per heavy atom. The van der Waals surface area contributed by atoms with Crippen molar-refractivity contribution in [1.29, 1.82) is 0 Å². The summed E-state index contributed by atoms with van der Waals surface area (Å²) in [6, 6.07) is 27.6. The van der Waals surface area contributed by atoms with Gasteiger partial charge in [-0.1, -0.05) is 59.6 Å². The summed E-state index contributed by atoms with van der Waals surface area (Å²) in [7, 11) is 0. The highest BCUT2D eigenvalue weighted by atomic mass is 35.5. The molecule has 13 heteroatoms. The monoisotopic (exact) mass is 811 g/mol. The summed E-state index contributed by atoms with van der Waals surface area (Å²) >= 11 is 12.5. The van der Waals surface area contributed by atoms with Crippen molar-refractivity contribution in [3.05, 3.63) is 153 Å². The molecule has 6 rings (SSSR count). The Balaban J connectivity index is 0.00000580. The van der Waals surface area contributed by atoms with Crippen molar-refractivity contribution < 1.29 is 32.2 Å². The largest absolute Gasteiger partial charge is 0.493 e. The molecule has 7 nitrogen and oxygen atoms in total. The van der Waals surface area contributed by atoms with Gasteiger partial charge < -0.3 is 19.1 Å².